The molecule has 0 saturated carbocycles. The fraction of sp³-hybridized carbons (Fsp3) is 0.435. The van der Waals surface area contributed by atoms with Crippen molar-refractivity contribution in [3.63, 3.8) is 0 Å². The smallest absolute Gasteiger partial charge is 0.220 e. The van der Waals surface area contributed by atoms with Crippen LogP contribution in [0.1, 0.15) is 49.3 Å². The predicted octanol–water partition coefficient (Wildman–Crippen LogP) is 4.57. The van der Waals surface area contributed by atoms with Gasteiger partial charge in [0, 0.05) is 24.1 Å². The van der Waals surface area contributed by atoms with Crippen LogP contribution < -0.4 is 10.6 Å². The molecule has 150 valence electrons. The largest absolute Gasteiger partial charge is 0.349 e. The molecule has 2 bridgehead atoms. The Hall–Kier alpha value is -1.91. The van der Waals surface area contributed by atoms with E-state index in [1.165, 1.54) is 18.9 Å². The van der Waals surface area contributed by atoms with E-state index in [-0.39, 0.29) is 30.2 Å². The molecule has 1 amide bonds. The quantitative estimate of drug-likeness (QED) is 0.743. The average Bonchev–Trinajstić information content (AvgIpc) is 3.01. The molecule has 0 radical (unpaired) electrons. The van der Waals surface area contributed by atoms with Crippen molar-refractivity contribution < 1.29 is 9.18 Å². The minimum absolute atomic E-state index is 0. The van der Waals surface area contributed by atoms with Crippen molar-refractivity contribution in [2.24, 2.45) is 5.92 Å². The SMILES string of the molecule is Cl.O=C(CC1CC2CCC(C1)N2)NC(Cc1ccccc1)c1ccccc1F. The van der Waals surface area contributed by atoms with Crippen molar-refractivity contribution in [1.82, 2.24) is 10.6 Å². The Morgan fingerprint density at radius 3 is 2.36 bits per heavy atom. The predicted molar refractivity (Wildman–Crippen MR) is 112 cm³/mol. The monoisotopic (exact) mass is 402 g/mol. The van der Waals surface area contributed by atoms with Gasteiger partial charge in [-0.1, -0.05) is 48.5 Å². The lowest BCUT2D eigenvalue weighted by atomic mass is 9.89. The van der Waals surface area contributed by atoms with Gasteiger partial charge in [-0.25, -0.2) is 4.39 Å². The second-order valence-electron chi connectivity index (χ2n) is 8.01. The van der Waals surface area contributed by atoms with E-state index in [2.05, 4.69) is 10.6 Å². The van der Waals surface area contributed by atoms with Crippen LogP contribution in [-0.2, 0) is 11.2 Å². The molecule has 3 unspecified atom stereocenters. The van der Waals surface area contributed by atoms with E-state index in [0.29, 0.717) is 36.4 Å². The highest BCUT2D eigenvalue weighted by Gasteiger charge is 2.34. The van der Waals surface area contributed by atoms with Crippen molar-refractivity contribution in [3.8, 4) is 0 Å². The van der Waals surface area contributed by atoms with Gasteiger partial charge in [-0.05, 0) is 49.7 Å². The highest BCUT2D eigenvalue weighted by atomic mass is 35.5. The summed E-state index contributed by atoms with van der Waals surface area (Å²) in [6.45, 7) is 0. The Morgan fingerprint density at radius 1 is 1.04 bits per heavy atom. The molecule has 2 fully saturated rings. The van der Waals surface area contributed by atoms with Crippen molar-refractivity contribution in [1.29, 1.82) is 0 Å². The van der Waals surface area contributed by atoms with Crippen LogP contribution in [0.15, 0.2) is 54.6 Å². The fourth-order valence-electron chi connectivity index (χ4n) is 4.70. The summed E-state index contributed by atoms with van der Waals surface area (Å²) in [4.78, 5) is 12.8. The van der Waals surface area contributed by atoms with Crippen LogP contribution in [0.3, 0.4) is 0 Å². The number of piperidine rings is 1. The van der Waals surface area contributed by atoms with Crippen molar-refractivity contribution in [2.45, 2.75) is 56.7 Å². The fourth-order valence-corrected chi connectivity index (χ4v) is 4.70. The van der Waals surface area contributed by atoms with Gasteiger partial charge < -0.3 is 10.6 Å². The van der Waals surface area contributed by atoms with E-state index in [1.54, 1.807) is 12.1 Å². The molecule has 28 heavy (non-hydrogen) atoms. The number of carbonyl (C=O) groups is 1. The Kier molecular flexibility index (Phi) is 7.08. The second-order valence-corrected chi connectivity index (χ2v) is 8.01. The number of amides is 1. The van der Waals surface area contributed by atoms with E-state index in [9.17, 15) is 9.18 Å². The molecule has 0 spiro atoms. The Morgan fingerprint density at radius 2 is 1.68 bits per heavy atom. The van der Waals surface area contributed by atoms with Crippen LogP contribution >= 0.6 is 12.4 Å². The molecule has 3 nitrogen and oxygen atoms in total. The average molecular weight is 403 g/mol. The van der Waals surface area contributed by atoms with Gasteiger partial charge in [0.05, 0.1) is 6.04 Å². The maximum Gasteiger partial charge on any atom is 0.220 e. The van der Waals surface area contributed by atoms with E-state index >= 15 is 0 Å². The number of fused-ring (bicyclic) bond motifs is 2. The molecule has 2 aromatic rings. The first kappa shape index (κ1) is 20.8. The summed E-state index contributed by atoms with van der Waals surface area (Å²) in [5, 5.41) is 6.74. The van der Waals surface area contributed by atoms with Crippen LogP contribution in [0.4, 0.5) is 4.39 Å². The van der Waals surface area contributed by atoms with Crippen LogP contribution in [0, 0.1) is 11.7 Å². The van der Waals surface area contributed by atoms with Crippen LogP contribution in [0.25, 0.3) is 0 Å². The highest BCUT2D eigenvalue weighted by molar-refractivity contribution is 5.85. The minimum atomic E-state index is -0.348. The van der Waals surface area contributed by atoms with Gasteiger partial charge in [0.15, 0.2) is 0 Å². The Balaban J connectivity index is 0.00000225. The van der Waals surface area contributed by atoms with Gasteiger partial charge in [0.1, 0.15) is 5.82 Å². The molecule has 2 saturated heterocycles. The summed E-state index contributed by atoms with van der Waals surface area (Å²) in [5.74, 6) is 0.200. The molecule has 3 atom stereocenters. The zero-order chi connectivity index (χ0) is 18.6. The third-order valence-electron chi connectivity index (χ3n) is 5.94. The van der Waals surface area contributed by atoms with Gasteiger partial charge in [0.25, 0.3) is 0 Å². The summed E-state index contributed by atoms with van der Waals surface area (Å²) >= 11 is 0. The van der Waals surface area contributed by atoms with Crippen molar-refractivity contribution >= 4 is 18.3 Å². The van der Waals surface area contributed by atoms with E-state index in [1.807, 2.05) is 36.4 Å². The summed E-state index contributed by atoms with van der Waals surface area (Å²) in [6, 6.07) is 17.5. The molecule has 0 aliphatic carbocycles. The first-order valence-electron chi connectivity index (χ1n) is 10.0. The number of rotatable bonds is 6. The van der Waals surface area contributed by atoms with Gasteiger partial charge in [0.2, 0.25) is 5.91 Å². The van der Waals surface area contributed by atoms with Crippen molar-refractivity contribution in [2.75, 3.05) is 0 Å². The zero-order valence-electron chi connectivity index (χ0n) is 15.9. The van der Waals surface area contributed by atoms with Crippen LogP contribution in [0.2, 0.25) is 0 Å². The molecule has 2 N–H and O–H groups in total. The normalized spacial score (nSPS) is 24.2. The molecular formula is C23H28ClFN2O. The lowest BCUT2D eigenvalue weighted by molar-refractivity contribution is -0.123. The molecule has 2 heterocycles. The maximum atomic E-state index is 14.4. The van der Waals surface area contributed by atoms with Crippen LogP contribution in [0.5, 0.6) is 0 Å². The molecule has 0 aromatic heterocycles. The van der Waals surface area contributed by atoms with E-state index < -0.39 is 0 Å². The third-order valence-corrected chi connectivity index (χ3v) is 5.94. The molecule has 2 aromatic carbocycles. The number of carbonyl (C=O) groups excluding carboxylic acids is 1. The molecule has 2 aliphatic heterocycles. The first-order valence-corrected chi connectivity index (χ1v) is 10.0. The van der Waals surface area contributed by atoms with Crippen LogP contribution in [-0.4, -0.2) is 18.0 Å². The summed E-state index contributed by atoms with van der Waals surface area (Å²) in [7, 11) is 0. The van der Waals surface area contributed by atoms with Crippen molar-refractivity contribution in [3.05, 3.63) is 71.5 Å². The standard InChI is InChI=1S/C23H27FN2O.ClH/c24-21-9-5-4-8-20(21)22(14-16-6-2-1-3-7-16)26-23(27)15-17-12-18-10-11-19(13-17)25-18;/h1-9,17-19,22,25H,10-15H2,(H,26,27);1H. The summed E-state index contributed by atoms with van der Waals surface area (Å²) in [6.07, 6.45) is 5.74. The Bertz CT molecular complexity index is 773. The number of halogens is 2. The van der Waals surface area contributed by atoms with E-state index in [0.717, 1.165) is 18.4 Å². The van der Waals surface area contributed by atoms with Gasteiger partial charge >= 0.3 is 0 Å². The zero-order valence-corrected chi connectivity index (χ0v) is 16.8. The molecular weight excluding hydrogens is 375 g/mol. The molecule has 2 aliphatic rings. The number of benzene rings is 2. The number of nitrogens with one attached hydrogen (secondary N) is 2. The van der Waals surface area contributed by atoms with Gasteiger partial charge in [-0.3, -0.25) is 4.79 Å². The lowest BCUT2D eigenvalue weighted by Crippen LogP contribution is -2.40. The number of hydrogen-bond acceptors (Lipinski definition) is 2. The number of hydrogen-bond donors (Lipinski definition) is 2. The minimum Gasteiger partial charge on any atom is -0.349 e. The van der Waals surface area contributed by atoms with Gasteiger partial charge in [-0.15, -0.1) is 12.4 Å². The topological polar surface area (TPSA) is 41.1 Å². The van der Waals surface area contributed by atoms with E-state index in [4.69, 9.17) is 0 Å². The molecule has 4 rings (SSSR count). The summed E-state index contributed by atoms with van der Waals surface area (Å²) < 4.78 is 14.4. The second kappa shape index (κ2) is 9.53. The highest BCUT2D eigenvalue weighted by Crippen LogP contribution is 2.33. The summed E-state index contributed by atoms with van der Waals surface area (Å²) in [5.41, 5.74) is 1.64. The Labute approximate surface area is 172 Å². The third kappa shape index (κ3) is 5.12. The first-order chi connectivity index (χ1) is 13.2. The van der Waals surface area contributed by atoms with Gasteiger partial charge in [-0.2, -0.15) is 0 Å². The lowest BCUT2D eigenvalue weighted by Gasteiger charge is -2.29. The maximum absolute atomic E-state index is 14.4. The molecule has 5 heteroatoms.